The monoisotopic (exact) mass is 486 g/mol. The fourth-order valence-corrected chi connectivity index (χ4v) is 2.94. The summed E-state index contributed by atoms with van der Waals surface area (Å²) in [5.41, 5.74) is 1.95. The van der Waals surface area contributed by atoms with Gasteiger partial charge in [-0.25, -0.2) is 0 Å². The Morgan fingerprint density at radius 3 is 3.00 bits per heavy atom. The number of aliphatic imine (C=N–C) groups is 1. The third kappa shape index (κ3) is 5.39. The lowest BCUT2D eigenvalue weighted by molar-refractivity contribution is -0.384. The minimum atomic E-state index is -0.390. The van der Waals surface area contributed by atoms with Crippen LogP contribution in [0.5, 0.6) is 0 Å². The molecule has 0 aliphatic carbocycles. The van der Waals surface area contributed by atoms with Crippen molar-refractivity contribution in [2.75, 3.05) is 26.7 Å². The van der Waals surface area contributed by atoms with Gasteiger partial charge in [-0.1, -0.05) is 12.1 Å². The van der Waals surface area contributed by atoms with Crippen molar-refractivity contribution in [1.29, 1.82) is 0 Å². The highest BCUT2D eigenvalue weighted by atomic mass is 127. The Balaban J connectivity index is 0.00000261. The summed E-state index contributed by atoms with van der Waals surface area (Å²) in [6.07, 6.45) is 3.70. The van der Waals surface area contributed by atoms with E-state index < -0.39 is 4.92 Å². The van der Waals surface area contributed by atoms with Crippen molar-refractivity contribution in [2.45, 2.75) is 12.6 Å². The van der Waals surface area contributed by atoms with Gasteiger partial charge in [-0.2, -0.15) is 5.10 Å². The second-order valence-corrected chi connectivity index (χ2v) is 6.08. The minimum absolute atomic E-state index is 0. The fraction of sp³-hybridized carbons (Fsp3) is 0.412. The molecule has 1 fully saturated rings. The average Bonchev–Trinajstić information content (AvgIpc) is 3.09. The van der Waals surface area contributed by atoms with Gasteiger partial charge in [0.15, 0.2) is 5.96 Å². The number of hydrogen-bond donors (Lipinski definition) is 1. The van der Waals surface area contributed by atoms with Crippen LogP contribution in [0.4, 0.5) is 5.69 Å². The number of nitrogens with one attached hydrogen (secondary N) is 1. The van der Waals surface area contributed by atoms with Crippen molar-refractivity contribution >= 4 is 35.6 Å². The number of aromatic nitrogens is 2. The molecule has 1 aliphatic rings. The maximum atomic E-state index is 10.9. The second kappa shape index (κ2) is 9.65. The standard InChI is InChI=1S/C17H22N6O3.HI/c1-18-17(19-9-13-4-3-5-15(8-13)23(24)25)22-6-7-26-16(12-22)14-10-20-21(2)11-14;/h3-5,8,10-11,16H,6-7,9,12H2,1-2H3,(H,18,19);1H. The third-order valence-electron chi connectivity index (χ3n) is 4.25. The van der Waals surface area contributed by atoms with E-state index in [0.29, 0.717) is 19.7 Å². The number of nitro groups is 1. The molecule has 1 atom stereocenters. The van der Waals surface area contributed by atoms with E-state index in [1.165, 1.54) is 6.07 Å². The average molecular weight is 486 g/mol. The predicted octanol–water partition coefficient (Wildman–Crippen LogP) is 2.10. The van der Waals surface area contributed by atoms with Crippen LogP contribution in [0.2, 0.25) is 0 Å². The van der Waals surface area contributed by atoms with E-state index in [0.717, 1.165) is 23.6 Å². The van der Waals surface area contributed by atoms with Crippen molar-refractivity contribution in [3.05, 3.63) is 57.9 Å². The summed E-state index contributed by atoms with van der Waals surface area (Å²) < 4.78 is 7.61. The Labute approximate surface area is 174 Å². The molecule has 146 valence electrons. The smallest absolute Gasteiger partial charge is 0.269 e. The summed E-state index contributed by atoms with van der Waals surface area (Å²) in [6, 6.07) is 6.59. The van der Waals surface area contributed by atoms with Gasteiger partial charge in [-0.05, 0) is 5.56 Å². The minimum Gasteiger partial charge on any atom is -0.370 e. The number of aryl methyl sites for hydroxylation is 1. The van der Waals surface area contributed by atoms with Gasteiger partial charge in [-0.3, -0.25) is 19.8 Å². The van der Waals surface area contributed by atoms with Crippen LogP contribution < -0.4 is 5.32 Å². The highest BCUT2D eigenvalue weighted by molar-refractivity contribution is 14.0. The van der Waals surface area contributed by atoms with Crippen LogP contribution in [0.1, 0.15) is 17.2 Å². The number of morpholine rings is 1. The summed E-state index contributed by atoms with van der Waals surface area (Å²) in [5, 5.41) is 18.4. The number of non-ortho nitro benzene ring substituents is 1. The van der Waals surface area contributed by atoms with Gasteiger partial charge in [0.2, 0.25) is 0 Å². The van der Waals surface area contributed by atoms with E-state index in [-0.39, 0.29) is 35.8 Å². The molecule has 0 spiro atoms. The van der Waals surface area contributed by atoms with E-state index in [1.54, 1.807) is 23.9 Å². The Bertz CT molecular complexity index is 809. The van der Waals surface area contributed by atoms with Crippen molar-refractivity contribution in [1.82, 2.24) is 20.0 Å². The molecule has 1 N–H and O–H groups in total. The first-order valence-corrected chi connectivity index (χ1v) is 8.36. The zero-order valence-corrected chi connectivity index (χ0v) is 17.6. The SMILES string of the molecule is CN=C(NCc1cccc([N+](=O)[O-])c1)N1CCOC(c2cnn(C)c2)C1.I. The molecule has 10 heteroatoms. The molecule has 1 unspecified atom stereocenters. The van der Waals surface area contributed by atoms with Crippen LogP contribution in [0.15, 0.2) is 41.7 Å². The maximum Gasteiger partial charge on any atom is 0.269 e. The van der Waals surface area contributed by atoms with E-state index in [2.05, 4.69) is 20.3 Å². The van der Waals surface area contributed by atoms with Crippen LogP contribution in [0.25, 0.3) is 0 Å². The molecule has 2 heterocycles. The molecule has 1 aromatic carbocycles. The summed E-state index contributed by atoms with van der Waals surface area (Å²) in [7, 11) is 3.61. The summed E-state index contributed by atoms with van der Waals surface area (Å²) in [5.74, 6) is 0.744. The van der Waals surface area contributed by atoms with Crippen LogP contribution >= 0.6 is 24.0 Å². The zero-order valence-electron chi connectivity index (χ0n) is 15.2. The number of nitrogens with zero attached hydrogens (tertiary/aromatic N) is 5. The Morgan fingerprint density at radius 2 is 2.33 bits per heavy atom. The molecule has 3 rings (SSSR count). The molecule has 1 aromatic heterocycles. The first kappa shape index (κ1) is 21.1. The number of ether oxygens (including phenoxy) is 1. The van der Waals surface area contributed by atoms with Gasteiger partial charge in [0.25, 0.3) is 5.69 Å². The third-order valence-corrected chi connectivity index (χ3v) is 4.25. The molecule has 9 nitrogen and oxygen atoms in total. The van der Waals surface area contributed by atoms with Crippen LogP contribution in [-0.4, -0.2) is 52.3 Å². The van der Waals surface area contributed by atoms with Crippen molar-refractivity contribution in [3.63, 3.8) is 0 Å². The van der Waals surface area contributed by atoms with Gasteiger partial charge in [0.1, 0.15) is 6.10 Å². The van der Waals surface area contributed by atoms with Gasteiger partial charge in [-0.15, -0.1) is 24.0 Å². The van der Waals surface area contributed by atoms with Gasteiger partial charge in [0.05, 0.1) is 24.3 Å². The Kier molecular flexibility index (Phi) is 7.54. The molecule has 0 bridgehead atoms. The van der Waals surface area contributed by atoms with Crippen LogP contribution in [0, 0.1) is 10.1 Å². The quantitative estimate of drug-likeness (QED) is 0.234. The number of halogens is 1. The van der Waals surface area contributed by atoms with Crippen LogP contribution in [-0.2, 0) is 18.3 Å². The number of guanidine groups is 1. The fourth-order valence-electron chi connectivity index (χ4n) is 2.94. The molecule has 1 saturated heterocycles. The number of benzene rings is 1. The number of nitro benzene ring substituents is 1. The topological polar surface area (TPSA) is 97.8 Å². The van der Waals surface area contributed by atoms with Crippen LogP contribution in [0.3, 0.4) is 0 Å². The molecule has 0 saturated carbocycles. The second-order valence-electron chi connectivity index (χ2n) is 6.08. The first-order chi connectivity index (χ1) is 12.6. The lowest BCUT2D eigenvalue weighted by atomic mass is 10.1. The normalized spacial score (nSPS) is 17.3. The highest BCUT2D eigenvalue weighted by Gasteiger charge is 2.25. The largest absolute Gasteiger partial charge is 0.370 e. The Hall–Kier alpha value is -2.21. The lowest BCUT2D eigenvalue weighted by Crippen LogP contribution is -2.47. The maximum absolute atomic E-state index is 10.9. The van der Waals surface area contributed by atoms with E-state index >= 15 is 0 Å². The van der Waals surface area contributed by atoms with Gasteiger partial charge in [0, 0.05) is 51.1 Å². The van der Waals surface area contributed by atoms with Crippen molar-refractivity contribution < 1.29 is 9.66 Å². The van der Waals surface area contributed by atoms with Crippen molar-refractivity contribution in [3.8, 4) is 0 Å². The Morgan fingerprint density at radius 1 is 1.52 bits per heavy atom. The molecular formula is C17H23IN6O3. The van der Waals surface area contributed by atoms with E-state index in [4.69, 9.17) is 4.74 Å². The van der Waals surface area contributed by atoms with Gasteiger partial charge >= 0.3 is 0 Å². The molecular weight excluding hydrogens is 463 g/mol. The summed E-state index contributed by atoms with van der Waals surface area (Å²) in [4.78, 5) is 17.0. The lowest BCUT2D eigenvalue weighted by Gasteiger charge is -2.34. The number of hydrogen-bond acceptors (Lipinski definition) is 5. The molecule has 27 heavy (non-hydrogen) atoms. The first-order valence-electron chi connectivity index (χ1n) is 8.36. The number of rotatable bonds is 4. The molecule has 0 amide bonds. The predicted molar refractivity (Wildman–Crippen MR) is 112 cm³/mol. The molecule has 1 aliphatic heterocycles. The molecule has 2 aromatic rings. The highest BCUT2D eigenvalue weighted by Crippen LogP contribution is 2.21. The summed E-state index contributed by atoms with van der Waals surface area (Å²) in [6.45, 7) is 2.45. The van der Waals surface area contributed by atoms with E-state index in [9.17, 15) is 10.1 Å². The van der Waals surface area contributed by atoms with Crippen molar-refractivity contribution in [2.24, 2.45) is 12.0 Å². The molecule has 0 radical (unpaired) electrons. The summed E-state index contributed by atoms with van der Waals surface area (Å²) >= 11 is 0. The van der Waals surface area contributed by atoms with E-state index in [1.807, 2.05) is 25.5 Å². The zero-order chi connectivity index (χ0) is 18.5. The van der Waals surface area contributed by atoms with Gasteiger partial charge < -0.3 is 15.0 Å².